The maximum Gasteiger partial charge on any atom is 0.0341 e. The van der Waals surface area contributed by atoms with Gasteiger partial charge in [-0.1, -0.05) is 29.8 Å². The second-order valence-electron chi connectivity index (χ2n) is 4.28. The van der Waals surface area contributed by atoms with Gasteiger partial charge in [0.1, 0.15) is 0 Å². The number of hydrogen-bond acceptors (Lipinski definition) is 2. The lowest BCUT2D eigenvalue weighted by Gasteiger charge is -2.15. The third-order valence-electron chi connectivity index (χ3n) is 2.19. The standard InChI is InChI=1S/C12H19BrN2/c1-9(2)7-11(14)8-15-12-5-3-10(13)4-6-12/h3-6,9,11,15H,7-8,14H2,1-2H3. The molecule has 1 aromatic carbocycles. The van der Waals surface area contributed by atoms with Crippen molar-refractivity contribution in [3.05, 3.63) is 28.7 Å². The summed E-state index contributed by atoms with van der Waals surface area (Å²) in [4.78, 5) is 0. The zero-order valence-electron chi connectivity index (χ0n) is 9.33. The maximum absolute atomic E-state index is 5.98. The molecule has 1 atom stereocenters. The molecule has 0 fully saturated rings. The minimum absolute atomic E-state index is 0.230. The van der Waals surface area contributed by atoms with Crippen LogP contribution >= 0.6 is 15.9 Å². The van der Waals surface area contributed by atoms with Gasteiger partial charge in [0.2, 0.25) is 0 Å². The molecular weight excluding hydrogens is 252 g/mol. The molecule has 0 aromatic heterocycles. The third-order valence-corrected chi connectivity index (χ3v) is 2.72. The average molecular weight is 271 g/mol. The fourth-order valence-corrected chi connectivity index (χ4v) is 1.77. The van der Waals surface area contributed by atoms with Crippen molar-refractivity contribution in [2.45, 2.75) is 26.3 Å². The molecule has 0 saturated carbocycles. The van der Waals surface area contributed by atoms with Gasteiger partial charge in [-0.2, -0.15) is 0 Å². The third kappa shape index (κ3) is 5.19. The molecule has 1 aromatic rings. The number of halogens is 1. The molecule has 0 aliphatic heterocycles. The SMILES string of the molecule is CC(C)CC(N)CNc1ccc(Br)cc1. The van der Waals surface area contributed by atoms with Crippen LogP contribution in [0.15, 0.2) is 28.7 Å². The normalized spacial score (nSPS) is 12.9. The monoisotopic (exact) mass is 270 g/mol. The fraction of sp³-hybridized carbons (Fsp3) is 0.500. The molecule has 0 spiro atoms. The number of nitrogens with one attached hydrogen (secondary N) is 1. The van der Waals surface area contributed by atoms with Crippen LogP contribution in [0.4, 0.5) is 5.69 Å². The molecule has 15 heavy (non-hydrogen) atoms. The van der Waals surface area contributed by atoms with E-state index in [-0.39, 0.29) is 6.04 Å². The van der Waals surface area contributed by atoms with Crippen LogP contribution in [0, 0.1) is 5.92 Å². The Balaban J connectivity index is 2.33. The first-order chi connectivity index (χ1) is 7.08. The predicted octanol–water partition coefficient (Wildman–Crippen LogP) is 3.23. The Hall–Kier alpha value is -0.540. The minimum Gasteiger partial charge on any atom is -0.383 e. The van der Waals surface area contributed by atoms with E-state index < -0.39 is 0 Å². The number of hydrogen-bond donors (Lipinski definition) is 2. The highest BCUT2D eigenvalue weighted by Crippen LogP contribution is 2.14. The summed E-state index contributed by atoms with van der Waals surface area (Å²) >= 11 is 3.41. The fourth-order valence-electron chi connectivity index (χ4n) is 1.51. The molecule has 3 N–H and O–H groups in total. The molecule has 1 rings (SSSR count). The first kappa shape index (κ1) is 12.5. The van der Waals surface area contributed by atoms with E-state index in [9.17, 15) is 0 Å². The van der Waals surface area contributed by atoms with Crippen molar-refractivity contribution >= 4 is 21.6 Å². The number of anilines is 1. The van der Waals surface area contributed by atoms with Gasteiger partial charge >= 0.3 is 0 Å². The summed E-state index contributed by atoms with van der Waals surface area (Å²) in [6, 6.07) is 8.37. The van der Waals surface area contributed by atoms with E-state index >= 15 is 0 Å². The largest absolute Gasteiger partial charge is 0.383 e. The summed E-state index contributed by atoms with van der Waals surface area (Å²) in [6.45, 7) is 5.22. The first-order valence-electron chi connectivity index (χ1n) is 5.33. The molecule has 0 radical (unpaired) electrons. The molecule has 0 heterocycles. The molecule has 0 aliphatic rings. The lowest BCUT2D eigenvalue weighted by molar-refractivity contribution is 0.508. The predicted molar refractivity (Wildman–Crippen MR) is 70.1 cm³/mol. The zero-order valence-corrected chi connectivity index (χ0v) is 10.9. The zero-order chi connectivity index (χ0) is 11.3. The van der Waals surface area contributed by atoms with Crippen molar-refractivity contribution in [2.75, 3.05) is 11.9 Å². The van der Waals surface area contributed by atoms with Crippen molar-refractivity contribution in [3.8, 4) is 0 Å². The molecule has 3 heteroatoms. The van der Waals surface area contributed by atoms with E-state index in [1.807, 2.05) is 24.3 Å². The van der Waals surface area contributed by atoms with E-state index in [4.69, 9.17) is 5.73 Å². The van der Waals surface area contributed by atoms with Gasteiger partial charge in [0.15, 0.2) is 0 Å². The molecule has 0 saturated heterocycles. The Labute approximate surface area is 100 Å². The van der Waals surface area contributed by atoms with Crippen molar-refractivity contribution in [1.29, 1.82) is 0 Å². The quantitative estimate of drug-likeness (QED) is 0.862. The van der Waals surface area contributed by atoms with Crippen LogP contribution in [-0.2, 0) is 0 Å². The van der Waals surface area contributed by atoms with Crippen LogP contribution in [0.2, 0.25) is 0 Å². The molecule has 1 unspecified atom stereocenters. The van der Waals surface area contributed by atoms with Crippen LogP contribution in [0.3, 0.4) is 0 Å². The van der Waals surface area contributed by atoms with Crippen molar-refractivity contribution < 1.29 is 0 Å². The molecular formula is C12H19BrN2. The van der Waals surface area contributed by atoms with E-state index in [0.29, 0.717) is 5.92 Å². The van der Waals surface area contributed by atoms with Crippen molar-refractivity contribution in [2.24, 2.45) is 11.7 Å². The second-order valence-corrected chi connectivity index (χ2v) is 5.19. The van der Waals surface area contributed by atoms with Crippen molar-refractivity contribution in [3.63, 3.8) is 0 Å². The Morgan fingerprint density at radius 3 is 2.40 bits per heavy atom. The topological polar surface area (TPSA) is 38.0 Å². The average Bonchev–Trinajstić information content (AvgIpc) is 2.16. The summed E-state index contributed by atoms with van der Waals surface area (Å²) in [5.74, 6) is 0.659. The van der Waals surface area contributed by atoms with E-state index in [1.54, 1.807) is 0 Å². The number of rotatable bonds is 5. The van der Waals surface area contributed by atoms with Crippen LogP contribution in [0.1, 0.15) is 20.3 Å². The van der Waals surface area contributed by atoms with E-state index in [0.717, 1.165) is 23.1 Å². The number of benzene rings is 1. The molecule has 0 amide bonds. The van der Waals surface area contributed by atoms with Gasteiger partial charge < -0.3 is 11.1 Å². The molecule has 2 nitrogen and oxygen atoms in total. The van der Waals surface area contributed by atoms with Crippen LogP contribution in [-0.4, -0.2) is 12.6 Å². The summed E-state index contributed by atoms with van der Waals surface area (Å²) in [6.07, 6.45) is 1.06. The number of nitrogens with two attached hydrogens (primary N) is 1. The lowest BCUT2D eigenvalue weighted by Crippen LogP contribution is -2.30. The van der Waals surface area contributed by atoms with Crippen molar-refractivity contribution in [1.82, 2.24) is 0 Å². The summed E-state index contributed by atoms with van der Waals surface area (Å²) in [7, 11) is 0. The van der Waals surface area contributed by atoms with E-state index in [2.05, 4.69) is 35.1 Å². The Kier molecular flexibility index (Phi) is 5.12. The molecule has 84 valence electrons. The highest BCUT2D eigenvalue weighted by atomic mass is 79.9. The van der Waals surface area contributed by atoms with Gasteiger partial charge in [-0.3, -0.25) is 0 Å². The maximum atomic E-state index is 5.98. The highest BCUT2D eigenvalue weighted by molar-refractivity contribution is 9.10. The van der Waals surface area contributed by atoms with Gasteiger partial charge in [-0.25, -0.2) is 0 Å². The smallest absolute Gasteiger partial charge is 0.0341 e. The summed E-state index contributed by atoms with van der Waals surface area (Å²) in [5, 5.41) is 3.33. The van der Waals surface area contributed by atoms with Gasteiger partial charge in [0.05, 0.1) is 0 Å². The van der Waals surface area contributed by atoms with Gasteiger partial charge in [0, 0.05) is 22.7 Å². The van der Waals surface area contributed by atoms with Crippen LogP contribution < -0.4 is 11.1 Å². The lowest BCUT2D eigenvalue weighted by atomic mass is 10.0. The van der Waals surface area contributed by atoms with Gasteiger partial charge in [-0.15, -0.1) is 0 Å². The highest BCUT2D eigenvalue weighted by Gasteiger charge is 2.04. The van der Waals surface area contributed by atoms with Crippen LogP contribution in [0.5, 0.6) is 0 Å². The van der Waals surface area contributed by atoms with E-state index in [1.165, 1.54) is 0 Å². The second kappa shape index (κ2) is 6.13. The van der Waals surface area contributed by atoms with Gasteiger partial charge in [-0.05, 0) is 36.6 Å². The Morgan fingerprint density at radius 2 is 1.87 bits per heavy atom. The first-order valence-corrected chi connectivity index (χ1v) is 6.12. The Morgan fingerprint density at radius 1 is 1.27 bits per heavy atom. The minimum atomic E-state index is 0.230. The Bertz CT molecular complexity index is 282. The summed E-state index contributed by atoms with van der Waals surface area (Å²) in [5.41, 5.74) is 7.10. The summed E-state index contributed by atoms with van der Waals surface area (Å²) < 4.78 is 1.10. The molecule has 0 aliphatic carbocycles. The molecule has 0 bridgehead atoms. The van der Waals surface area contributed by atoms with Crippen LogP contribution in [0.25, 0.3) is 0 Å². The van der Waals surface area contributed by atoms with Gasteiger partial charge in [0.25, 0.3) is 0 Å².